The number of aromatic amines is 1. The van der Waals surface area contributed by atoms with Crippen molar-refractivity contribution in [1.29, 1.82) is 0 Å². The highest BCUT2D eigenvalue weighted by atomic mass is 79.9. The summed E-state index contributed by atoms with van der Waals surface area (Å²) in [4.78, 5) is 30.1. The highest BCUT2D eigenvalue weighted by Crippen LogP contribution is 2.40. The molecular formula is C23H24BrF3N4O2. The van der Waals surface area contributed by atoms with E-state index in [0.29, 0.717) is 22.3 Å². The number of piperidine rings is 1. The molecule has 6 nitrogen and oxygen atoms in total. The number of halogens is 4. The second-order valence-corrected chi connectivity index (χ2v) is 9.19. The minimum absolute atomic E-state index is 0.0927. The van der Waals surface area contributed by atoms with Crippen molar-refractivity contribution in [3.63, 3.8) is 0 Å². The van der Waals surface area contributed by atoms with Crippen LogP contribution in [-0.4, -0.2) is 47.9 Å². The predicted octanol–water partition coefficient (Wildman–Crippen LogP) is 4.81. The molecule has 3 heterocycles. The molecule has 1 aromatic carbocycles. The van der Waals surface area contributed by atoms with E-state index in [0.717, 1.165) is 32.0 Å². The molecule has 0 saturated carbocycles. The van der Waals surface area contributed by atoms with Crippen LogP contribution in [0.3, 0.4) is 0 Å². The van der Waals surface area contributed by atoms with Gasteiger partial charge in [-0.05, 0) is 57.1 Å². The molecule has 0 atom stereocenters. The quantitative estimate of drug-likeness (QED) is 0.491. The molecule has 176 valence electrons. The summed E-state index contributed by atoms with van der Waals surface area (Å²) in [6.45, 7) is 4.16. The maximum absolute atomic E-state index is 14.1. The Morgan fingerprint density at radius 2 is 1.97 bits per heavy atom. The molecule has 0 bridgehead atoms. The first-order valence-corrected chi connectivity index (χ1v) is 11.6. The van der Waals surface area contributed by atoms with Gasteiger partial charge in [-0.2, -0.15) is 13.2 Å². The van der Waals surface area contributed by atoms with E-state index in [9.17, 15) is 22.8 Å². The van der Waals surface area contributed by atoms with E-state index in [2.05, 4.69) is 36.4 Å². The Balaban J connectivity index is 1.64. The Labute approximate surface area is 197 Å². The number of benzene rings is 1. The number of alkyl halides is 3. The molecule has 0 spiro atoms. The number of likely N-dealkylation sites (tertiary alicyclic amines) is 1. The largest absolute Gasteiger partial charge is 0.419 e. The molecule has 2 amide bonds. The van der Waals surface area contributed by atoms with Crippen LogP contribution in [0.5, 0.6) is 0 Å². The van der Waals surface area contributed by atoms with Gasteiger partial charge in [-0.15, -0.1) is 0 Å². The number of aromatic nitrogens is 1. The fraction of sp³-hybridized carbons (Fsp3) is 0.391. The maximum atomic E-state index is 14.1. The normalized spacial score (nSPS) is 17.8. The second kappa shape index (κ2) is 9.34. The van der Waals surface area contributed by atoms with E-state index >= 15 is 0 Å². The van der Waals surface area contributed by atoms with Crippen molar-refractivity contribution in [2.45, 2.75) is 32.4 Å². The van der Waals surface area contributed by atoms with Gasteiger partial charge in [-0.1, -0.05) is 22.4 Å². The highest BCUT2D eigenvalue weighted by molar-refractivity contribution is 9.10. The number of amides is 2. The summed E-state index contributed by atoms with van der Waals surface area (Å²) >= 11 is 3.32. The first-order valence-electron chi connectivity index (χ1n) is 10.8. The standard InChI is InChI=1S/C23H24BrF3N4O2/c1-13-19(22(33)28-7-10-31-8-3-2-4-9-31)20(23(25,26)27)18(29-13)12-16-15-11-14(24)5-6-17(15)30-21(16)32/h5-6,11-12,29H,2-4,7-10H2,1H3,(H,28,33)(H,30,32)/b16-12-. The summed E-state index contributed by atoms with van der Waals surface area (Å²) in [7, 11) is 0. The lowest BCUT2D eigenvalue weighted by atomic mass is 10.0. The average molecular weight is 525 g/mol. The maximum Gasteiger partial charge on any atom is 0.419 e. The fourth-order valence-corrected chi connectivity index (χ4v) is 4.74. The molecule has 0 radical (unpaired) electrons. The third-order valence-electron chi connectivity index (χ3n) is 5.94. The van der Waals surface area contributed by atoms with E-state index in [1.165, 1.54) is 13.3 Å². The van der Waals surface area contributed by atoms with Crippen molar-refractivity contribution in [3.8, 4) is 0 Å². The molecule has 10 heteroatoms. The predicted molar refractivity (Wildman–Crippen MR) is 124 cm³/mol. The molecule has 0 aliphatic carbocycles. The molecule has 0 unspecified atom stereocenters. The van der Waals surface area contributed by atoms with Crippen molar-refractivity contribution < 1.29 is 22.8 Å². The lowest BCUT2D eigenvalue weighted by Gasteiger charge is -2.26. The Morgan fingerprint density at radius 3 is 2.67 bits per heavy atom. The molecule has 33 heavy (non-hydrogen) atoms. The Hall–Kier alpha value is -2.59. The Morgan fingerprint density at radius 1 is 1.24 bits per heavy atom. The van der Waals surface area contributed by atoms with Crippen molar-refractivity contribution in [2.24, 2.45) is 0 Å². The third kappa shape index (κ3) is 5.01. The fourth-order valence-electron chi connectivity index (χ4n) is 4.38. The SMILES string of the molecule is Cc1[nH]c(/C=C2\C(=O)Nc3ccc(Br)cc32)c(C(F)(F)F)c1C(=O)NCCN1CCCCC1. The van der Waals surface area contributed by atoms with E-state index in [4.69, 9.17) is 0 Å². The van der Waals surface area contributed by atoms with Gasteiger partial charge < -0.3 is 20.5 Å². The van der Waals surface area contributed by atoms with Crippen LogP contribution in [-0.2, 0) is 11.0 Å². The minimum Gasteiger partial charge on any atom is -0.358 e. The zero-order valence-corrected chi connectivity index (χ0v) is 19.6. The topological polar surface area (TPSA) is 77.2 Å². The molecule has 2 aliphatic rings. The molecule has 4 rings (SSSR count). The van der Waals surface area contributed by atoms with Crippen LogP contribution >= 0.6 is 15.9 Å². The number of hydrogen-bond donors (Lipinski definition) is 3. The monoisotopic (exact) mass is 524 g/mol. The van der Waals surface area contributed by atoms with E-state index < -0.39 is 29.1 Å². The van der Waals surface area contributed by atoms with Gasteiger partial charge in [0.05, 0.1) is 22.4 Å². The van der Waals surface area contributed by atoms with Crippen LogP contribution in [0.2, 0.25) is 0 Å². The number of hydrogen-bond acceptors (Lipinski definition) is 3. The number of aryl methyl sites for hydroxylation is 1. The number of anilines is 1. The van der Waals surface area contributed by atoms with Gasteiger partial charge in [0.2, 0.25) is 0 Å². The van der Waals surface area contributed by atoms with Gasteiger partial charge in [0.1, 0.15) is 0 Å². The van der Waals surface area contributed by atoms with E-state index in [-0.39, 0.29) is 23.5 Å². The van der Waals surface area contributed by atoms with Crippen LogP contribution in [0.1, 0.15) is 52.1 Å². The van der Waals surface area contributed by atoms with Gasteiger partial charge >= 0.3 is 6.18 Å². The van der Waals surface area contributed by atoms with Crippen molar-refractivity contribution in [2.75, 3.05) is 31.5 Å². The summed E-state index contributed by atoms with van der Waals surface area (Å²) in [6, 6.07) is 5.06. The highest BCUT2D eigenvalue weighted by Gasteiger charge is 2.40. The lowest BCUT2D eigenvalue weighted by molar-refractivity contribution is -0.138. The number of carbonyl (C=O) groups excluding carboxylic acids is 2. The van der Waals surface area contributed by atoms with Crippen molar-refractivity contribution >= 4 is 45.1 Å². The van der Waals surface area contributed by atoms with Gasteiger partial charge in [0.25, 0.3) is 11.8 Å². The molecule has 2 aliphatic heterocycles. The second-order valence-electron chi connectivity index (χ2n) is 8.27. The minimum atomic E-state index is -4.79. The number of rotatable bonds is 5. The number of fused-ring (bicyclic) bond motifs is 1. The summed E-state index contributed by atoms with van der Waals surface area (Å²) < 4.78 is 42.9. The first-order chi connectivity index (χ1) is 15.6. The van der Waals surface area contributed by atoms with Crippen molar-refractivity contribution in [3.05, 3.63) is 50.8 Å². The summed E-state index contributed by atoms with van der Waals surface area (Å²) in [5.41, 5.74) is -0.642. The number of H-pyrrole nitrogens is 1. The third-order valence-corrected chi connectivity index (χ3v) is 6.44. The first kappa shape index (κ1) is 23.6. The zero-order chi connectivity index (χ0) is 23.8. The smallest absolute Gasteiger partial charge is 0.358 e. The van der Waals surface area contributed by atoms with Crippen LogP contribution in [0.25, 0.3) is 11.6 Å². The van der Waals surface area contributed by atoms with Gasteiger partial charge in [-0.25, -0.2) is 0 Å². The summed E-state index contributed by atoms with van der Waals surface area (Å²) in [5.74, 6) is -1.28. The summed E-state index contributed by atoms with van der Waals surface area (Å²) in [6.07, 6.45) is -0.263. The Bertz CT molecular complexity index is 1120. The molecule has 1 fully saturated rings. The number of nitrogens with one attached hydrogen (secondary N) is 3. The van der Waals surface area contributed by atoms with Gasteiger partial charge in [0, 0.05) is 34.5 Å². The van der Waals surface area contributed by atoms with Crippen molar-refractivity contribution in [1.82, 2.24) is 15.2 Å². The molecular weight excluding hydrogens is 501 g/mol. The number of carbonyl (C=O) groups is 2. The average Bonchev–Trinajstić information content (AvgIpc) is 3.25. The van der Waals surface area contributed by atoms with Gasteiger partial charge in [-0.3, -0.25) is 9.59 Å². The molecule has 1 saturated heterocycles. The van der Waals surface area contributed by atoms with Gasteiger partial charge in [0.15, 0.2) is 0 Å². The van der Waals surface area contributed by atoms with Crippen LogP contribution in [0.4, 0.5) is 18.9 Å². The Kier molecular flexibility index (Phi) is 6.67. The van der Waals surface area contributed by atoms with Crippen LogP contribution in [0.15, 0.2) is 22.7 Å². The molecule has 2 aromatic rings. The number of nitrogens with zero attached hydrogens (tertiary/aromatic N) is 1. The zero-order valence-electron chi connectivity index (χ0n) is 18.0. The molecule has 3 N–H and O–H groups in total. The van der Waals surface area contributed by atoms with Crippen LogP contribution < -0.4 is 10.6 Å². The summed E-state index contributed by atoms with van der Waals surface area (Å²) in [5, 5.41) is 5.28. The van der Waals surface area contributed by atoms with E-state index in [1.807, 2.05) is 0 Å². The van der Waals surface area contributed by atoms with Crippen LogP contribution in [0, 0.1) is 6.92 Å². The molecule has 1 aromatic heterocycles. The lowest BCUT2D eigenvalue weighted by Crippen LogP contribution is -2.38. The van der Waals surface area contributed by atoms with E-state index in [1.54, 1.807) is 18.2 Å².